The second-order valence-corrected chi connectivity index (χ2v) is 5.96. The Hall–Kier alpha value is -2.35. The molecule has 0 atom stereocenters. The van der Waals surface area contributed by atoms with Crippen molar-refractivity contribution in [3.8, 4) is 11.5 Å². The van der Waals surface area contributed by atoms with Crippen molar-refractivity contribution in [1.82, 2.24) is 9.47 Å². The highest BCUT2D eigenvalue weighted by atomic mass is 79.9. The zero-order valence-electron chi connectivity index (χ0n) is 11.8. The van der Waals surface area contributed by atoms with E-state index in [-0.39, 0.29) is 35.6 Å². The van der Waals surface area contributed by atoms with E-state index in [4.69, 9.17) is 0 Å². The minimum Gasteiger partial charge on any atom is -0.503 e. The summed E-state index contributed by atoms with van der Waals surface area (Å²) in [6.45, 7) is 0.664. The van der Waals surface area contributed by atoms with Gasteiger partial charge in [-0.2, -0.15) is 0 Å². The van der Waals surface area contributed by atoms with E-state index >= 15 is 0 Å². The van der Waals surface area contributed by atoms with Gasteiger partial charge in [0.2, 0.25) is 0 Å². The number of nitrogens with zero attached hydrogens (tertiary/aromatic N) is 2. The predicted octanol–water partition coefficient (Wildman–Crippen LogP) is 1.82. The number of pyridine rings is 1. The van der Waals surface area contributed by atoms with E-state index in [0.29, 0.717) is 0 Å². The number of aromatic hydroxyl groups is 2. The molecule has 8 heteroatoms. The lowest BCUT2D eigenvalue weighted by Gasteiger charge is -2.30. The summed E-state index contributed by atoms with van der Waals surface area (Å²) in [6, 6.07) is 5.71. The van der Waals surface area contributed by atoms with Crippen LogP contribution in [0.2, 0.25) is 0 Å². The van der Waals surface area contributed by atoms with Gasteiger partial charge in [-0.15, -0.1) is 0 Å². The van der Waals surface area contributed by atoms with E-state index in [2.05, 4.69) is 15.9 Å². The molecule has 1 aliphatic rings. The van der Waals surface area contributed by atoms with Crippen molar-refractivity contribution in [1.29, 1.82) is 0 Å². The molecule has 2 aromatic rings. The fourth-order valence-corrected chi connectivity index (χ4v) is 2.93. The average molecular weight is 383 g/mol. The van der Waals surface area contributed by atoms with Gasteiger partial charge in [-0.25, -0.2) is 4.39 Å². The van der Waals surface area contributed by atoms with Gasteiger partial charge in [0.25, 0.3) is 11.5 Å². The first-order valence-electron chi connectivity index (χ1n) is 6.78. The van der Waals surface area contributed by atoms with Gasteiger partial charge < -0.3 is 15.1 Å². The maximum absolute atomic E-state index is 12.9. The number of halogens is 2. The molecule has 1 aromatic carbocycles. The van der Waals surface area contributed by atoms with Gasteiger partial charge in [0, 0.05) is 19.6 Å². The van der Waals surface area contributed by atoms with Crippen LogP contribution in [0.15, 0.2) is 33.5 Å². The molecule has 0 unspecified atom stereocenters. The number of hydrogen-bond donors (Lipinski definition) is 2. The number of fused-ring (bicyclic) bond motifs is 1. The summed E-state index contributed by atoms with van der Waals surface area (Å²) in [6.07, 6.45) is 0. The first-order chi connectivity index (χ1) is 10.9. The van der Waals surface area contributed by atoms with E-state index < -0.39 is 23.0 Å². The number of amides is 1. The summed E-state index contributed by atoms with van der Waals surface area (Å²) in [5, 5.41) is 19.7. The molecule has 1 aromatic heterocycles. The molecule has 0 saturated carbocycles. The molecule has 1 amide bonds. The van der Waals surface area contributed by atoms with Gasteiger partial charge in [0.1, 0.15) is 10.3 Å². The first-order valence-corrected chi connectivity index (χ1v) is 7.57. The van der Waals surface area contributed by atoms with Crippen molar-refractivity contribution in [2.75, 3.05) is 6.54 Å². The third-order valence-corrected chi connectivity index (χ3v) is 4.44. The Bertz CT molecular complexity index is 848. The van der Waals surface area contributed by atoms with Crippen LogP contribution in [0.25, 0.3) is 0 Å². The van der Waals surface area contributed by atoms with Crippen molar-refractivity contribution in [3.05, 3.63) is 56.2 Å². The maximum Gasteiger partial charge on any atom is 0.274 e. The smallest absolute Gasteiger partial charge is 0.274 e. The third-order valence-electron chi connectivity index (χ3n) is 3.73. The number of rotatable bonds is 2. The molecule has 0 radical (unpaired) electrons. The topological polar surface area (TPSA) is 82.8 Å². The predicted molar refractivity (Wildman–Crippen MR) is 82.9 cm³/mol. The number of carbonyl (C=O) groups is 1. The summed E-state index contributed by atoms with van der Waals surface area (Å²) in [7, 11) is 0. The monoisotopic (exact) mass is 382 g/mol. The Labute approximate surface area is 138 Å². The number of aromatic nitrogens is 1. The molecule has 0 spiro atoms. The van der Waals surface area contributed by atoms with Crippen LogP contribution in [0.3, 0.4) is 0 Å². The Kier molecular flexibility index (Phi) is 3.85. The second kappa shape index (κ2) is 5.69. The zero-order chi connectivity index (χ0) is 16.7. The fraction of sp³-hybridized carbons (Fsp3) is 0.200. The molecule has 0 saturated heterocycles. The highest BCUT2D eigenvalue weighted by Crippen LogP contribution is 2.35. The summed E-state index contributed by atoms with van der Waals surface area (Å²) >= 11 is 2.90. The van der Waals surface area contributed by atoms with E-state index in [9.17, 15) is 24.2 Å². The second-order valence-electron chi connectivity index (χ2n) is 5.17. The van der Waals surface area contributed by atoms with Crippen molar-refractivity contribution >= 4 is 21.8 Å². The Morgan fingerprint density at radius 2 is 1.74 bits per heavy atom. The van der Waals surface area contributed by atoms with Gasteiger partial charge in [0.05, 0.1) is 0 Å². The summed E-state index contributed by atoms with van der Waals surface area (Å²) in [4.78, 5) is 26.0. The highest BCUT2D eigenvalue weighted by Gasteiger charge is 2.31. The van der Waals surface area contributed by atoms with Crippen LogP contribution in [0.4, 0.5) is 4.39 Å². The molecule has 0 aliphatic carbocycles. The molecule has 0 fully saturated rings. The minimum absolute atomic E-state index is 0.182. The minimum atomic E-state index is -0.654. The van der Waals surface area contributed by atoms with Crippen molar-refractivity contribution in [2.45, 2.75) is 13.1 Å². The molecule has 23 heavy (non-hydrogen) atoms. The highest BCUT2D eigenvalue weighted by molar-refractivity contribution is 9.10. The maximum atomic E-state index is 12.9. The summed E-state index contributed by atoms with van der Waals surface area (Å²) < 4.78 is 13.9. The molecule has 6 nitrogen and oxygen atoms in total. The number of benzene rings is 1. The van der Waals surface area contributed by atoms with Crippen molar-refractivity contribution in [3.63, 3.8) is 0 Å². The fourth-order valence-electron chi connectivity index (χ4n) is 2.53. The molecular formula is C15H12BrFN2O4. The lowest BCUT2D eigenvalue weighted by molar-refractivity contribution is 0.0679. The van der Waals surface area contributed by atoms with Crippen molar-refractivity contribution < 1.29 is 19.4 Å². The van der Waals surface area contributed by atoms with Crippen LogP contribution in [0, 0.1) is 5.82 Å². The Morgan fingerprint density at radius 1 is 1.09 bits per heavy atom. The van der Waals surface area contributed by atoms with E-state index in [1.165, 1.54) is 17.0 Å². The number of hydrogen-bond acceptors (Lipinski definition) is 4. The van der Waals surface area contributed by atoms with Crippen LogP contribution in [-0.2, 0) is 13.1 Å². The van der Waals surface area contributed by atoms with Crippen LogP contribution in [0.5, 0.6) is 11.5 Å². The van der Waals surface area contributed by atoms with Crippen molar-refractivity contribution in [2.24, 2.45) is 0 Å². The Balaban J connectivity index is 1.98. The average Bonchev–Trinajstić information content (AvgIpc) is 2.54. The first kappa shape index (κ1) is 15.5. The molecular weight excluding hydrogens is 371 g/mol. The molecule has 2 N–H and O–H groups in total. The largest absolute Gasteiger partial charge is 0.503 e. The standard InChI is InChI=1S/C15H12BrFN2O4/c16-10-12(20)13(21)11-15(23)18(5-6-19(11)14(10)22)7-8-1-3-9(17)4-2-8/h1-4,20-21H,5-7H2. The molecule has 2 heterocycles. The van der Waals surface area contributed by atoms with Crippen LogP contribution in [0.1, 0.15) is 16.1 Å². The van der Waals surface area contributed by atoms with E-state index in [1.807, 2.05) is 0 Å². The lowest BCUT2D eigenvalue weighted by Crippen LogP contribution is -2.44. The summed E-state index contributed by atoms with van der Waals surface area (Å²) in [5.74, 6) is -2.23. The Morgan fingerprint density at radius 3 is 2.39 bits per heavy atom. The van der Waals surface area contributed by atoms with Gasteiger partial charge in [0.15, 0.2) is 17.2 Å². The molecule has 3 rings (SSSR count). The SMILES string of the molecule is O=C1c2c(O)c(O)c(Br)c(=O)n2CCN1Cc1ccc(F)cc1. The van der Waals surface area contributed by atoms with Crippen LogP contribution >= 0.6 is 15.9 Å². The van der Waals surface area contributed by atoms with Gasteiger partial charge in [-0.3, -0.25) is 14.2 Å². The van der Waals surface area contributed by atoms with Crippen LogP contribution < -0.4 is 5.56 Å². The third kappa shape index (κ3) is 2.59. The zero-order valence-corrected chi connectivity index (χ0v) is 13.4. The quantitative estimate of drug-likeness (QED) is 0.829. The van der Waals surface area contributed by atoms with E-state index in [0.717, 1.165) is 10.1 Å². The molecule has 0 bridgehead atoms. The van der Waals surface area contributed by atoms with Gasteiger partial charge in [-0.05, 0) is 33.6 Å². The van der Waals surface area contributed by atoms with Gasteiger partial charge >= 0.3 is 0 Å². The normalized spacial score (nSPS) is 14.0. The molecule has 120 valence electrons. The number of carbonyl (C=O) groups excluding carboxylic acids is 1. The van der Waals surface area contributed by atoms with E-state index in [1.54, 1.807) is 12.1 Å². The summed E-state index contributed by atoms with van der Waals surface area (Å²) in [5.41, 5.74) is -0.106. The molecule has 1 aliphatic heterocycles. The van der Waals surface area contributed by atoms with Crippen LogP contribution in [-0.4, -0.2) is 32.1 Å². The lowest BCUT2D eigenvalue weighted by atomic mass is 10.1. The van der Waals surface area contributed by atoms with Gasteiger partial charge in [-0.1, -0.05) is 12.1 Å².